The van der Waals surface area contributed by atoms with E-state index in [0.717, 1.165) is 11.1 Å². The van der Waals surface area contributed by atoms with Crippen molar-refractivity contribution in [1.82, 2.24) is 10.6 Å². The molecule has 2 rings (SSSR count). The number of hydrogen-bond acceptors (Lipinski definition) is 3. The van der Waals surface area contributed by atoms with E-state index in [1.165, 1.54) is 6.92 Å². The van der Waals surface area contributed by atoms with Crippen LogP contribution in [-0.2, 0) is 16.0 Å². The van der Waals surface area contributed by atoms with Crippen molar-refractivity contribution < 1.29 is 19.5 Å². The van der Waals surface area contributed by atoms with Gasteiger partial charge in [-0.2, -0.15) is 0 Å². The summed E-state index contributed by atoms with van der Waals surface area (Å²) in [6.45, 7) is 1.86. The zero-order valence-electron chi connectivity index (χ0n) is 14.6. The number of carbonyl (C=O) groups excluding carboxylic acids is 2. The van der Waals surface area contributed by atoms with Crippen LogP contribution in [0.4, 0.5) is 0 Å². The Morgan fingerprint density at radius 2 is 1.65 bits per heavy atom. The Kier molecular flexibility index (Phi) is 6.91. The Morgan fingerprint density at radius 1 is 1.00 bits per heavy atom. The maximum atomic E-state index is 12.2. The van der Waals surface area contributed by atoms with Crippen LogP contribution in [0.3, 0.4) is 0 Å². The molecule has 26 heavy (non-hydrogen) atoms. The summed E-state index contributed by atoms with van der Waals surface area (Å²) in [6.07, 6.45) is 0.753. The van der Waals surface area contributed by atoms with Crippen LogP contribution in [0.15, 0.2) is 54.6 Å². The smallest absolute Gasteiger partial charge is 0.335 e. The number of aromatic carboxylic acids is 1. The zero-order chi connectivity index (χ0) is 18.9. The third kappa shape index (κ3) is 6.05. The molecule has 0 heterocycles. The van der Waals surface area contributed by atoms with Gasteiger partial charge in [0, 0.05) is 13.5 Å². The summed E-state index contributed by atoms with van der Waals surface area (Å²) >= 11 is 0. The molecule has 0 aliphatic carbocycles. The quantitative estimate of drug-likeness (QED) is 0.678. The molecular weight excluding hydrogens is 332 g/mol. The van der Waals surface area contributed by atoms with Gasteiger partial charge < -0.3 is 15.7 Å². The van der Waals surface area contributed by atoms with Crippen LogP contribution < -0.4 is 10.6 Å². The minimum absolute atomic E-state index is 0.154. The summed E-state index contributed by atoms with van der Waals surface area (Å²) in [5.74, 6) is -1.31. The Labute approximate surface area is 152 Å². The fourth-order valence-electron chi connectivity index (χ4n) is 2.60. The molecule has 0 saturated heterocycles. The van der Waals surface area contributed by atoms with Crippen molar-refractivity contribution in [3.05, 3.63) is 71.3 Å². The Hall–Kier alpha value is -3.15. The number of carboxylic acid groups (broad SMARTS) is 1. The van der Waals surface area contributed by atoms with Gasteiger partial charge in [0.2, 0.25) is 11.8 Å². The van der Waals surface area contributed by atoms with Crippen molar-refractivity contribution >= 4 is 17.8 Å². The molecule has 2 aromatic carbocycles. The van der Waals surface area contributed by atoms with Crippen LogP contribution in [0.2, 0.25) is 0 Å². The van der Waals surface area contributed by atoms with Gasteiger partial charge >= 0.3 is 5.97 Å². The third-order valence-corrected chi connectivity index (χ3v) is 3.91. The second kappa shape index (κ2) is 9.36. The van der Waals surface area contributed by atoms with E-state index < -0.39 is 5.97 Å². The summed E-state index contributed by atoms with van der Waals surface area (Å²) in [5.41, 5.74) is 2.05. The van der Waals surface area contributed by atoms with E-state index in [1.54, 1.807) is 24.3 Å². The SMILES string of the molecule is CC(=O)NC(CC(=O)NCCc1ccc(C(=O)O)cc1)c1ccccc1. The molecular formula is C20H22N2O4. The molecule has 0 spiro atoms. The molecule has 2 aromatic rings. The molecule has 6 nitrogen and oxygen atoms in total. The first kappa shape index (κ1) is 19.2. The predicted molar refractivity (Wildman–Crippen MR) is 97.7 cm³/mol. The molecule has 2 amide bonds. The van der Waals surface area contributed by atoms with Gasteiger partial charge in [-0.1, -0.05) is 42.5 Å². The number of carbonyl (C=O) groups is 3. The van der Waals surface area contributed by atoms with Crippen molar-refractivity contribution in [1.29, 1.82) is 0 Å². The van der Waals surface area contributed by atoms with E-state index >= 15 is 0 Å². The average Bonchev–Trinajstić information content (AvgIpc) is 2.62. The highest BCUT2D eigenvalue weighted by molar-refractivity contribution is 5.87. The van der Waals surface area contributed by atoms with Gasteiger partial charge in [-0.05, 0) is 29.7 Å². The van der Waals surface area contributed by atoms with E-state index in [9.17, 15) is 14.4 Å². The van der Waals surface area contributed by atoms with E-state index in [4.69, 9.17) is 5.11 Å². The highest BCUT2D eigenvalue weighted by atomic mass is 16.4. The van der Waals surface area contributed by atoms with E-state index in [0.29, 0.717) is 13.0 Å². The van der Waals surface area contributed by atoms with Crippen molar-refractivity contribution in [2.24, 2.45) is 0 Å². The second-order valence-corrected chi connectivity index (χ2v) is 5.97. The first-order chi connectivity index (χ1) is 12.5. The minimum Gasteiger partial charge on any atom is -0.478 e. The number of benzene rings is 2. The lowest BCUT2D eigenvalue weighted by Gasteiger charge is -2.18. The van der Waals surface area contributed by atoms with Crippen molar-refractivity contribution in [3.8, 4) is 0 Å². The number of hydrogen-bond donors (Lipinski definition) is 3. The molecule has 1 unspecified atom stereocenters. The van der Waals surface area contributed by atoms with Crippen LogP contribution in [0.1, 0.15) is 40.9 Å². The first-order valence-electron chi connectivity index (χ1n) is 8.36. The van der Waals surface area contributed by atoms with E-state index in [-0.39, 0.29) is 29.8 Å². The van der Waals surface area contributed by atoms with Crippen LogP contribution in [0.5, 0.6) is 0 Å². The Bertz CT molecular complexity index is 757. The van der Waals surface area contributed by atoms with Gasteiger partial charge in [-0.15, -0.1) is 0 Å². The zero-order valence-corrected chi connectivity index (χ0v) is 14.6. The lowest BCUT2D eigenvalue weighted by molar-refractivity contribution is -0.122. The predicted octanol–water partition coefficient (Wildman–Crippen LogP) is 2.31. The highest BCUT2D eigenvalue weighted by Gasteiger charge is 2.16. The molecule has 0 aliphatic heterocycles. The van der Waals surface area contributed by atoms with Crippen molar-refractivity contribution in [2.45, 2.75) is 25.8 Å². The van der Waals surface area contributed by atoms with Crippen molar-refractivity contribution in [2.75, 3.05) is 6.54 Å². The molecule has 0 aromatic heterocycles. The van der Waals surface area contributed by atoms with Crippen LogP contribution in [0, 0.1) is 0 Å². The topological polar surface area (TPSA) is 95.5 Å². The second-order valence-electron chi connectivity index (χ2n) is 5.97. The van der Waals surface area contributed by atoms with Gasteiger partial charge in [0.1, 0.15) is 0 Å². The first-order valence-corrected chi connectivity index (χ1v) is 8.36. The fourth-order valence-corrected chi connectivity index (χ4v) is 2.60. The van der Waals surface area contributed by atoms with Gasteiger partial charge in [0.15, 0.2) is 0 Å². The van der Waals surface area contributed by atoms with Gasteiger partial charge in [-0.3, -0.25) is 9.59 Å². The molecule has 0 fully saturated rings. The molecule has 1 atom stereocenters. The van der Waals surface area contributed by atoms with E-state index in [1.807, 2.05) is 30.3 Å². The molecule has 0 saturated carbocycles. The molecule has 3 N–H and O–H groups in total. The van der Waals surface area contributed by atoms with E-state index in [2.05, 4.69) is 10.6 Å². The number of amides is 2. The third-order valence-electron chi connectivity index (χ3n) is 3.91. The molecule has 136 valence electrons. The monoisotopic (exact) mass is 354 g/mol. The summed E-state index contributed by atoms with van der Waals surface area (Å²) in [5, 5.41) is 14.5. The minimum atomic E-state index is -0.963. The molecule has 0 aliphatic rings. The summed E-state index contributed by atoms with van der Waals surface area (Å²) < 4.78 is 0. The summed E-state index contributed by atoms with van der Waals surface area (Å²) in [7, 11) is 0. The largest absolute Gasteiger partial charge is 0.478 e. The highest BCUT2D eigenvalue weighted by Crippen LogP contribution is 2.16. The number of rotatable bonds is 8. The number of carboxylic acids is 1. The lowest BCUT2D eigenvalue weighted by atomic mass is 10.0. The lowest BCUT2D eigenvalue weighted by Crippen LogP contribution is -2.33. The normalized spacial score (nSPS) is 11.4. The molecule has 0 bridgehead atoms. The number of nitrogens with one attached hydrogen (secondary N) is 2. The maximum Gasteiger partial charge on any atom is 0.335 e. The summed E-state index contributed by atoms with van der Waals surface area (Å²) in [6, 6.07) is 15.5. The maximum absolute atomic E-state index is 12.2. The average molecular weight is 354 g/mol. The fraction of sp³-hybridized carbons (Fsp3) is 0.250. The molecule has 0 radical (unpaired) electrons. The van der Waals surface area contributed by atoms with Crippen LogP contribution in [0.25, 0.3) is 0 Å². The van der Waals surface area contributed by atoms with Crippen molar-refractivity contribution in [3.63, 3.8) is 0 Å². The standard InChI is InChI=1S/C20H22N2O4/c1-14(23)22-18(16-5-3-2-4-6-16)13-19(24)21-12-11-15-7-9-17(10-8-15)20(25)26/h2-10,18H,11-13H2,1H3,(H,21,24)(H,22,23)(H,25,26). The van der Waals surface area contributed by atoms with Gasteiger partial charge in [0.05, 0.1) is 18.0 Å². The van der Waals surface area contributed by atoms with Crippen LogP contribution in [-0.4, -0.2) is 29.4 Å². The van der Waals surface area contributed by atoms with Crippen LogP contribution >= 0.6 is 0 Å². The Morgan fingerprint density at radius 3 is 2.23 bits per heavy atom. The summed E-state index contributed by atoms with van der Waals surface area (Å²) in [4.78, 5) is 34.4. The Balaban J connectivity index is 1.86. The molecule has 6 heteroatoms. The van der Waals surface area contributed by atoms with Gasteiger partial charge in [-0.25, -0.2) is 4.79 Å². The van der Waals surface area contributed by atoms with Gasteiger partial charge in [0.25, 0.3) is 0 Å².